The summed E-state index contributed by atoms with van der Waals surface area (Å²) in [5.74, 6) is 2.54. The van der Waals surface area contributed by atoms with E-state index in [1.807, 2.05) is 7.05 Å². The van der Waals surface area contributed by atoms with Gasteiger partial charge in [-0.1, -0.05) is 0 Å². The van der Waals surface area contributed by atoms with Crippen LogP contribution in [0.1, 0.15) is 35.8 Å². The van der Waals surface area contributed by atoms with Crippen LogP contribution in [-0.2, 0) is 23.0 Å². The maximum absolute atomic E-state index is 13.2. The first-order chi connectivity index (χ1) is 14.4. The van der Waals surface area contributed by atoms with Gasteiger partial charge in [0.25, 0.3) is 0 Å². The molecule has 3 heterocycles. The molecule has 1 N–H and O–H groups in total. The molecule has 0 bridgehead atoms. The van der Waals surface area contributed by atoms with Gasteiger partial charge in [-0.25, -0.2) is 18.4 Å². The monoisotopic (exact) mass is 431 g/mol. The molecule has 162 valence electrons. The lowest BCUT2D eigenvalue weighted by Gasteiger charge is -2.31. The SMILES string of the molecule is CNc1nc([C@@H]2CCCN(C)C2)nc2c1CCN(S(=O)(=O)c1ccc(OC)cc1)C2. The fourth-order valence-corrected chi connectivity index (χ4v) is 5.70. The first-order valence-corrected chi connectivity index (χ1v) is 11.8. The highest BCUT2D eigenvalue weighted by Crippen LogP contribution is 2.31. The minimum absolute atomic E-state index is 0.260. The maximum Gasteiger partial charge on any atom is 0.243 e. The van der Waals surface area contributed by atoms with Gasteiger partial charge < -0.3 is 15.0 Å². The van der Waals surface area contributed by atoms with Gasteiger partial charge in [-0.15, -0.1) is 0 Å². The Morgan fingerprint density at radius 2 is 1.93 bits per heavy atom. The number of nitrogens with zero attached hydrogens (tertiary/aromatic N) is 4. The summed E-state index contributed by atoms with van der Waals surface area (Å²) in [6.45, 7) is 2.69. The van der Waals surface area contributed by atoms with E-state index in [0.717, 1.165) is 48.8 Å². The van der Waals surface area contributed by atoms with Crippen molar-refractivity contribution in [3.05, 3.63) is 41.3 Å². The molecule has 2 aliphatic rings. The predicted molar refractivity (Wildman–Crippen MR) is 115 cm³/mol. The average molecular weight is 432 g/mol. The van der Waals surface area contributed by atoms with Crippen LogP contribution in [0.2, 0.25) is 0 Å². The summed E-state index contributed by atoms with van der Waals surface area (Å²) in [6.07, 6.45) is 2.76. The molecule has 1 aromatic heterocycles. The normalized spacial score (nSPS) is 20.6. The van der Waals surface area contributed by atoms with Crippen LogP contribution >= 0.6 is 0 Å². The van der Waals surface area contributed by atoms with Crippen molar-refractivity contribution in [2.75, 3.05) is 46.2 Å². The lowest BCUT2D eigenvalue weighted by molar-refractivity contribution is 0.245. The van der Waals surface area contributed by atoms with Gasteiger partial charge in [0.05, 0.1) is 24.2 Å². The molecule has 0 saturated carbocycles. The van der Waals surface area contributed by atoms with Crippen LogP contribution in [0.4, 0.5) is 5.82 Å². The highest BCUT2D eigenvalue weighted by atomic mass is 32.2. The number of ether oxygens (including phenoxy) is 1. The van der Waals surface area contributed by atoms with E-state index in [9.17, 15) is 8.42 Å². The quantitative estimate of drug-likeness (QED) is 0.775. The topological polar surface area (TPSA) is 87.7 Å². The first-order valence-electron chi connectivity index (χ1n) is 10.3. The number of hydrogen-bond donors (Lipinski definition) is 1. The summed E-state index contributed by atoms with van der Waals surface area (Å²) < 4.78 is 33.1. The molecule has 0 amide bonds. The fourth-order valence-electron chi connectivity index (χ4n) is 4.29. The number of rotatable bonds is 5. The largest absolute Gasteiger partial charge is 0.497 e. The number of likely N-dealkylation sites (tertiary alicyclic amines) is 1. The maximum atomic E-state index is 13.2. The Kier molecular flexibility index (Phi) is 5.95. The third-order valence-electron chi connectivity index (χ3n) is 5.97. The number of nitrogens with one attached hydrogen (secondary N) is 1. The summed E-state index contributed by atoms with van der Waals surface area (Å²) in [7, 11) is 1.93. The molecule has 1 saturated heterocycles. The molecule has 1 aromatic carbocycles. The summed E-state index contributed by atoms with van der Waals surface area (Å²) >= 11 is 0. The molecule has 8 nitrogen and oxygen atoms in total. The molecule has 30 heavy (non-hydrogen) atoms. The van der Waals surface area contributed by atoms with Crippen LogP contribution in [0.3, 0.4) is 0 Å². The number of likely N-dealkylation sites (N-methyl/N-ethyl adjacent to an activating group) is 1. The zero-order chi connectivity index (χ0) is 21.3. The molecular formula is C21H29N5O3S. The molecule has 1 fully saturated rings. The van der Waals surface area contributed by atoms with Gasteiger partial charge >= 0.3 is 0 Å². The number of benzene rings is 1. The van der Waals surface area contributed by atoms with Crippen LogP contribution in [0.5, 0.6) is 5.75 Å². The van der Waals surface area contributed by atoms with Crippen molar-refractivity contribution < 1.29 is 13.2 Å². The number of anilines is 1. The number of fused-ring (bicyclic) bond motifs is 1. The molecule has 0 spiro atoms. The molecule has 1 atom stereocenters. The van der Waals surface area contributed by atoms with Gasteiger partial charge in [0.1, 0.15) is 17.4 Å². The van der Waals surface area contributed by atoms with Crippen molar-refractivity contribution in [1.82, 2.24) is 19.2 Å². The van der Waals surface area contributed by atoms with E-state index >= 15 is 0 Å². The zero-order valence-electron chi connectivity index (χ0n) is 17.8. The number of sulfonamides is 1. The van der Waals surface area contributed by atoms with Crippen LogP contribution in [0.15, 0.2) is 29.2 Å². The van der Waals surface area contributed by atoms with E-state index in [0.29, 0.717) is 18.7 Å². The fraction of sp³-hybridized carbons (Fsp3) is 0.524. The molecule has 4 rings (SSSR count). The third kappa shape index (κ3) is 4.01. The van der Waals surface area contributed by atoms with Gasteiger partial charge in [-0.3, -0.25) is 0 Å². The molecule has 2 aliphatic heterocycles. The number of piperidine rings is 1. The Labute approximate surface area is 178 Å². The average Bonchev–Trinajstić information content (AvgIpc) is 2.77. The van der Waals surface area contributed by atoms with E-state index in [-0.39, 0.29) is 17.4 Å². The standard InChI is InChI=1S/C21H29N5O3S/c1-22-21-18-10-12-26(30(27,28)17-8-6-16(29-3)7-9-17)14-19(18)23-20(24-21)15-5-4-11-25(2)13-15/h6-9,15H,4-5,10-14H2,1-3H3,(H,22,23,24)/t15-/m1/s1. The lowest BCUT2D eigenvalue weighted by Crippen LogP contribution is -2.37. The van der Waals surface area contributed by atoms with Crippen molar-refractivity contribution in [3.63, 3.8) is 0 Å². The van der Waals surface area contributed by atoms with Gasteiger partial charge in [0, 0.05) is 31.6 Å². The minimum Gasteiger partial charge on any atom is -0.497 e. The van der Waals surface area contributed by atoms with Crippen LogP contribution < -0.4 is 10.1 Å². The second-order valence-corrected chi connectivity index (χ2v) is 9.91. The lowest BCUT2D eigenvalue weighted by atomic mass is 9.96. The highest BCUT2D eigenvalue weighted by molar-refractivity contribution is 7.89. The Morgan fingerprint density at radius 1 is 1.17 bits per heavy atom. The van der Waals surface area contributed by atoms with Crippen LogP contribution in [0, 0.1) is 0 Å². The Hall–Kier alpha value is -2.23. The number of methoxy groups -OCH3 is 1. The smallest absolute Gasteiger partial charge is 0.243 e. The summed E-state index contributed by atoms with van der Waals surface area (Å²) in [6, 6.07) is 6.52. The minimum atomic E-state index is -3.61. The number of aromatic nitrogens is 2. The van der Waals surface area contributed by atoms with Crippen molar-refractivity contribution in [1.29, 1.82) is 0 Å². The predicted octanol–water partition coefficient (Wildman–Crippen LogP) is 2.08. The summed E-state index contributed by atoms with van der Waals surface area (Å²) in [4.78, 5) is 12.2. The Morgan fingerprint density at radius 3 is 2.60 bits per heavy atom. The van der Waals surface area contributed by atoms with Crippen molar-refractivity contribution in [3.8, 4) is 5.75 Å². The molecule has 0 aliphatic carbocycles. The van der Waals surface area contributed by atoms with E-state index < -0.39 is 10.0 Å². The van der Waals surface area contributed by atoms with Crippen molar-refractivity contribution >= 4 is 15.8 Å². The van der Waals surface area contributed by atoms with Gasteiger partial charge in [0.15, 0.2) is 0 Å². The molecular weight excluding hydrogens is 402 g/mol. The van der Waals surface area contributed by atoms with Gasteiger partial charge in [-0.05, 0) is 57.1 Å². The molecule has 0 unspecified atom stereocenters. The van der Waals surface area contributed by atoms with Crippen LogP contribution in [-0.4, -0.2) is 68.4 Å². The third-order valence-corrected chi connectivity index (χ3v) is 7.83. The first kappa shape index (κ1) is 21.0. The van der Waals surface area contributed by atoms with Crippen molar-refractivity contribution in [2.24, 2.45) is 0 Å². The van der Waals surface area contributed by atoms with E-state index in [1.54, 1.807) is 31.4 Å². The second kappa shape index (κ2) is 8.49. The van der Waals surface area contributed by atoms with Gasteiger partial charge in [0.2, 0.25) is 10.0 Å². The second-order valence-electron chi connectivity index (χ2n) is 7.97. The summed E-state index contributed by atoms with van der Waals surface area (Å²) in [5, 5.41) is 3.20. The van der Waals surface area contributed by atoms with Gasteiger partial charge in [-0.2, -0.15) is 4.31 Å². The van der Waals surface area contributed by atoms with E-state index in [1.165, 1.54) is 4.31 Å². The summed E-state index contributed by atoms with van der Waals surface area (Å²) in [5.41, 5.74) is 1.83. The molecule has 2 aromatic rings. The van der Waals surface area contributed by atoms with Crippen LogP contribution in [0.25, 0.3) is 0 Å². The van der Waals surface area contributed by atoms with Crippen molar-refractivity contribution in [2.45, 2.75) is 36.6 Å². The Bertz CT molecular complexity index is 1010. The molecule has 0 radical (unpaired) electrons. The number of hydrogen-bond acceptors (Lipinski definition) is 7. The zero-order valence-corrected chi connectivity index (χ0v) is 18.6. The Balaban J connectivity index is 1.63. The highest BCUT2D eigenvalue weighted by Gasteiger charge is 2.32. The van der Waals surface area contributed by atoms with E-state index in [2.05, 4.69) is 17.3 Å². The van der Waals surface area contributed by atoms with E-state index in [4.69, 9.17) is 14.7 Å². The molecule has 9 heteroatoms.